The summed E-state index contributed by atoms with van der Waals surface area (Å²) in [5.74, 6) is -1.15. The van der Waals surface area contributed by atoms with Gasteiger partial charge in [-0.25, -0.2) is 4.79 Å². The molecule has 1 aromatic carbocycles. The van der Waals surface area contributed by atoms with E-state index in [1.54, 1.807) is 32.0 Å². The van der Waals surface area contributed by atoms with Crippen LogP contribution in [0.15, 0.2) is 29.4 Å². The quantitative estimate of drug-likeness (QED) is 0.425. The van der Waals surface area contributed by atoms with Gasteiger partial charge in [0.05, 0.1) is 24.5 Å². The molecule has 10 nitrogen and oxygen atoms in total. The predicted octanol–water partition coefficient (Wildman–Crippen LogP) is 2.28. The normalized spacial score (nSPS) is 11.6. The molecule has 0 bridgehead atoms. The molecule has 1 unspecified atom stereocenters. The van der Waals surface area contributed by atoms with Crippen molar-refractivity contribution in [2.75, 3.05) is 30.0 Å². The van der Waals surface area contributed by atoms with Gasteiger partial charge in [-0.2, -0.15) is 0 Å². The number of nitrogens with one attached hydrogen (secondary N) is 1. The highest BCUT2D eigenvalue weighted by Crippen LogP contribution is 2.26. The molecular formula is C19H25N5O5S. The van der Waals surface area contributed by atoms with Gasteiger partial charge >= 0.3 is 11.9 Å². The van der Waals surface area contributed by atoms with Gasteiger partial charge in [0.2, 0.25) is 11.9 Å². The third-order valence-corrected chi connectivity index (χ3v) is 4.87. The molecule has 0 aliphatic carbocycles. The third-order valence-electron chi connectivity index (χ3n) is 3.96. The molecule has 1 heterocycles. The standard InChI is InChI=1S/C19H25N5O5S/c1-4-14(24-18(20)22-23-19(24)30-11-15(25)28-5-2)16(26)21-13-9-7-8-12(10-13)17(27)29-6-3/h7-10,14H,4-6,11H2,1-3H3,(H2,20,22)(H,21,26). The Morgan fingerprint density at radius 3 is 2.57 bits per heavy atom. The van der Waals surface area contributed by atoms with Gasteiger partial charge in [-0.1, -0.05) is 24.8 Å². The molecule has 1 atom stereocenters. The maximum Gasteiger partial charge on any atom is 0.338 e. The van der Waals surface area contributed by atoms with Crippen molar-refractivity contribution in [3.63, 3.8) is 0 Å². The van der Waals surface area contributed by atoms with Crippen molar-refractivity contribution in [2.24, 2.45) is 0 Å². The monoisotopic (exact) mass is 435 g/mol. The van der Waals surface area contributed by atoms with Gasteiger partial charge in [0.1, 0.15) is 6.04 Å². The molecule has 0 radical (unpaired) electrons. The van der Waals surface area contributed by atoms with Crippen LogP contribution in [0.3, 0.4) is 0 Å². The molecule has 0 fully saturated rings. The van der Waals surface area contributed by atoms with Crippen LogP contribution in [0.4, 0.5) is 11.6 Å². The number of esters is 2. The van der Waals surface area contributed by atoms with E-state index in [4.69, 9.17) is 15.2 Å². The summed E-state index contributed by atoms with van der Waals surface area (Å²) in [5.41, 5.74) is 6.70. The Morgan fingerprint density at radius 2 is 1.90 bits per heavy atom. The fraction of sp³-hybridized carbons (Fsp3) is 0.421. The second-order valence-electron chi connectivity index (χ2n) is 6.02. The van der Waals surface area contributed by atoms with Gasteiger partial charge in [0.15, 0.2) is 5.16 Å². The minimum absolute atomic E-state index is 0.0195. The number of anilines is 2. The highest BCUT2D eigenvalue weighted by Gasteiger charge is 2.25. The molecule has 0 spiro atoms. The van der Waals surface area contributed by atoms with Gasteiger partial charge in [-0.3, -0.25) is 14.2 Å². The number of benzene rings is 1. The molecule has 2 aromatic rings. The number of aromatic nitrogens is 3. The van der Waals surface area contributed by atoms with E-state index in [1.165, 1.54) is 10.6 Å². The van der Waals surface area contributed by atoms with Crippen molar-refractivity contribution in [1.29, 1.82) is 0 Å². The van der Waals surface area contributed by atoms with Crippen molar-refractivity contribution in [2.45, 2.75) is 38.4 Å². The Hall–Kier alpha value is -3.08. The number of carbonyl (C=O) groups excluding carboxylic acids is 3. The zero-order chi connectivity index (χ0) is 22.1. The molecule has 0 aliphatic rings. The van der Waals surface area contributed by atoms with E-state index in [9.17, 15) is 14.4 Å². The first-order valence-corrected chi connectivity index (χ1v) is 10.5. The van der Waals surface area contributed by atoms with Crippen LogP contribution in [0.25, 0.3) is 0 Å². The molecule has 1 amide bonds. The van der Waals surface area contributed by atoms with Crippen LogP contribution >= 0.6 is 11.8 Å². The van der Waals surface area contributed by atoms with Crippen LogP contribution in [0, 0.1) is 0 Å². The van der Waals surface area contributed by atoms with Crippen LogP contribution in [0.2, 0.25) is 0 Å². The average molecular weight is 436 g/mol. The summed E-state index contributed by atoms with van der Waals surface area (Å²) < 4.78 is 11.4. The van der Waals surface area contributed by atoms with E-state index in [0.29, 0.717) is 22.8 Å². The average Bonchev–Trinajstić information content (AvgIpc) is 3.08. The van der Waals surface area contributed by atoms with Crippen molar-refractivity contribution in [3.05, 3.63) is 29.8 Å². The first-order valence-electron chi connectivity index (χ1n) is 9.48. The maximum absolute atomic E-state index is 12.9. The number of hydrogen-bond donors (Lipinski definition) is 2. The Bertz CT molecular complexity index is 901. The summed E-state index contributed by atoms with van der Waals surface area (Å²) in [7, 11) is 0. The van der Waals surface area contributed by atoms with Crippen molar-refractivity contribution < 1.29 is 23.9 Å². The summed E-state index contributed by atoms with van der Waals surface area (Å²) in [6, 6.07) is 5.74. The van der Waals surface area contributed by atoms with Crippen LogP contribution < -0.4 is 11.1 Å². The van der Waals surface area contributed by atoms with Gasteiger partial charge in [-0.05, 0) is 38.5 Å². The lowest BCUT2D eigenvalue weighted by Gasteiger charge is -2.19. The molecular weight excluding hydrogens is 410 g/mol. The van der Waals surface area contributed by atoms with Crippen LogP contribution in [-0.4, -0.2) is 51.6 Å². The molecule has 3 N–H and O–H groups in total. The van der Waals surface area contributed by atoms with E-state index >= 15 is 0 Å². The van der Waals surface area contributed by atoms with Crippen LogP contribution in [0.1, 0.15) is 43.6 Å². The summed E-state index contributed by atoms with van der Waals surface area (Å²) in [4.78, 5) is 36.5. The summed E-state index contributed by atoms with van der Waals surface area (Å²) in [6.45, 7) is 5.79. The minimum atomic E-state index is -0.712. The largest absolute Gasteiger partial charge is 0.465 e. The lowest BCUT2D eigenvalue weighted by molar-refractivity contribution is -0.139. The summed E-state index contributed by atoms with van der Waals surface area (Å²) >= 11 is 1.09. The second kappa shape index (κ2) is 11.2. The van der Waals surface area contributed by atoms with E-state index in [1.807, 2.05) is 6.92 Å². The SMILES string of the molecule is CCOC(=O)CSc1nnc(N)n1C(CC)C(=O)Nc1cccc(C(=O)OCC)c1. The summed E-state index contributed by atoms with van der Waals surface area (Å²) in [6.07, 6.45) is 0.401. The fourth-order valence-corrected chi connectivity index (χ4v) is 3.44. The van der Waals surface area contributed by atoms with Crippen molar-refractivity contribution >= 4 is 41.2 Å². The third kappa shape index (κ3) is 5.96. The Labute approximate surface area is 178 Å². The first kappa shape index (κ1) is 23.2. The smallest absolute Gasteiger partial charge is 0.338 e. The molecule has 1 aromatic heterocycles. The maximum atomic E-state index is 12.9. The first-order chi connectivity index (χ1) is 14.4. The van der Waals surface area contributed by atoms with Crippen LogP contribution in [-0.2, 0) is 19.1 Å². The number of ether oxygens (including phenoxy) is 2. The van der Waals surface area contributed by atoms with E-state index in [0.717, 1.165) is 11.8 Å². The van der Waals surface area contributed by atoms with Gasteiger partial charge in [0, 0.05) is 5.69 Å². The Balaban J connectivity index is 2.17. The van der Waals surface area contributed by atoms with E-state index in [-0.39, 0.29) is 30.8 Å². The number of nitrogens with two attached hydrogens (primary N) is 1. The van der Waals surface area contributed by atoms with Crippen molar-refractivity contribution in [3.8, 4) is 0 Å². The fourth-order valence-electron chi connectivity index (χ4n) is 2.66. The van der Waals surface area contributed by atoms with E-state index in [2.05, 4.69) is 15.5 Å². The molecule has 0 saturated heterocycles. The molecule has 2 rings (SSSR count). The second-order valence-corrected chi connectivity index (χ2v) is 6.96. The Morgan fingerprint density at radius 1 is 1.17 bits per heavy atom. The topological polar surface area (TPSA) is 138 Å². The number of carbonyl (C=O) groups is 3. The van der Waals surface area contributed by atoms with Crippen LogP contribution in [0.5, 0.6) is 0 Å². The highest BCUT2D eigenvalue weighted by atomic mass is 32.2. The molecule has 0 aliphatic heterocycles. The number of hydrogen-bond acceptors (Lipinski definition) is 9. The number of thioether (sulfide) groups is 1. The zero-order valence-corrected chi connectivity index (χ0v) is 17.9. The molecule has 162 valence electrons. The van der Waals surface area contributed by atoms with E-state index < -0.39 is 18.0 Å². The molecule has 11 heteroatoms. The number of nitrogen functional groups attached to an aromatic ring is 1. The molecule has 30 heavy (non-hydrogen) atoms. The Kier molecular flexibility index (Phi) is 8.66. The van der Waals surface area contributed by atoms with Gasteiger partial charge in [-0.15, -0.1) is 10.2 Å². The highest BCUT2D eigenvalue weighted by molar-refractivity contribution is 7.99. The zero-order valence-electron chi connectivity index (χ0n) is 17.1. The molecule has 0 saturated carbocycles. The van der Waals surface area contributed by atoms with Gasteiger partial charge in [0.25, 0.3) is 0 Å². The lowest BCUT2D eigenvalue weighted by atomic mass is 10.1. The number of nitrogens with zero attached hydrogens (tertiary/aromatic N) is 3. The summed E-state index contributed by atoms with van der Waals surface area (Å²) in [5, 5.41) is 10.9. The van der Waals surface area contributed by atoms with Crippen molar-refractivity contribution in [1.82, 2.24) is 14.8 Å². The van der Waals surface area contributed by atoms with Gasteiger partial charge < -0.3 is 20.5 Å². The number of rotatable bonds is 10. The predicted molar refractivity (Wildman–Crippen MR) is 112 cm³/mol. The lowest BCUT2D eigenvalue weighted by Crippen LogP contribution is -2.27. The number of amides is 1. The minimum Gasteiger partial charge on any atom is -0.465 e.